The van der Waals surface area contributed by atoms with E-state index in [0.717, 1.165) is 24.2 Å². The number of benzene rings is 1. The topological polar surface area (TPSA) is 26.3 Å². The highest BCUT2D eigenvalue weighted by atomic mass is 16.5. The molecule has 3 rings (SSSR count). The maximum absolute atomic E-state index is 12.5. The van der Waals surface area contributed by atoms with Gasteiger partial charge < -0.3 is 4.74 Å². The van der Waals surface area contributed by atoms with Crippen LogP contribution in [0.25, 0.3) is 0 Å². The maximum Gasteiger partial charge on any atom is 0.165 e. The lowest BCUT2D eigenvalue weighted by atomic mass is 9.91. The summed E-state index contributed by atoms with van der Waals surface area (Å²) in [5, 5.41) is 0. The first-order chi connectivity index (χ1) is 9.33. The Kier molecular flexibility index (Phi) is 3.86. The third-order valence-corrected chi connectivity index (χ3v) is 4.19. The monoisotopic (exact) mass is 258 g/mol. The van der Waals surface area contributed by atoms with Gasteiger partial charge in [-0.25, -0.2) is 0 Å². The fourth-order valence-electron chi connectivity index (χ4n) is 2.85. The average Bonchev–Trinajstić information content (AvgIpc) is 3.25. The minimum Gasteiger partial charge on any atom is -0.490 e. The standard InChI is InChI=1S/C17H22O2/c18-17(13-5-3-1-2-4-6-13)14-7-9-15(10-8-14)19-16-11-12-16/h7-10,13,16H,1-6,11-12H2. The number of carbonyl (C=O) groups is 1. The van der Waals surface area contributed by atoms with E-state index in [4.69, 9.17) is 4.74 Å². The molecule has 102 valence electrons. The van der Waals surface area contributed by atoms with Crippen LogP contribution in [0.5, 0.6) is 5.75 Å². The van der Waals surface area contributed by atoms with Crippen molar-refractivity contribution in [3.63, 3.8) is 0 Å². The molecule has 0 bridgehead atoms. The van der Waals surface area contributed by atoms with E-state index in [2.05, 4.69) is 0 Å². The quantitative estimate of drug-likeness (QED) is 0.591. The van der Waals surface area contributed by atoms with Crippen molar-refractivity contribution in [2.45, 2.75) is 57.5 Å². The predicted octanol–water partition coefficient (Wildman–Crippen LogP) is 4.38. The molecule has 0 atom stereocenters. The minimum absolute atomic E-state index is 0.248. The molecule has 0 aromatic heterocycles. The molecule has 0 heterocycles. The molecule has 0 aliphatic heterocycles. The summed E-state index contributed by atoms with van der Waals surface area (Å²) >= 11 is 0. The van der Waals surface area contributed by atoms with Gasteiger partial charge >= 0.3 is 0 Å². The van der Waals surface area contributed by atoms with Crippen molar-refractivity contribution < 1.29 is 9.53 Å². The fraction of sp³-hybridized carbons (Fsp3) is 0.588. The molecule has 1 aromatic rings. The largest absolute Gasteiger partial charge is 0.490 e. The Bertz CT molecular complexity index is 423. The van der Waals surface area contributed by atoms with Gasteiger partial charge in [0.1, 0.15) is 5.75 Å². The molecule has 2 aliphatic carbocycles. The summed E-state index contributed by atoms with van der Waals surface area (Å²) < 4.78 is 5.71. The molecule has 0 radical (unpaired) electrons. The van der Waals surface area contributed by atoms with Crippen molar-refractivity contribution in [2.24, 2.45) is 5.92 Å². The number of rotatable bonds is 4. The second-order valence-electron chi connectivity index (χ2n) is 5.89. The number of hydrogen-bond donors (Lipinski definition) is 0. The summed E-state index contributed by atoms with van der Waals surface area (Å²) in [7, 11) is 0. The molecule has 0 saturated heterocycles. The lowest BCUT2D eigenvalue weighted by molar-refractivity contribution is 0.0908. The van der Waals surface area contributed by atoms with Crippen LogP contribution in [0.3, 0.4) is 0 Å². The van der Waals surface area contributed by atoms with Crippen molar-refractivity contribution in [3.05, 3.63) is 29.8 Å². The van der Waals surface area contributed by atoms with Crippen LogP contribution >= 0.6 is 0 Å². The second kappa shape index (κ2) is 5.77. The Balaban J connectivity index is 1.64. The molecule has 2 fully saturated rings. The Hall–Kier alpha value is -1.31. The van der Waals surface area contributed by atoms with Crippen molar-refractivity contribution >= 4 is 5.78 Å². The van der Waals surface area contributed by atoms with E-state index in [0.29, 0.717) is 11.9 Å². The number of Topliss-reactive ketones (excluding diaryl/α,β-unsaturated/α-hetero) is 1. The van der Waals surface area contributed by atoms with Gasteiger partial charge in [-0.3, -0.25) is 4.79 Å². The summed E-state index contributed by atoms with van der Waals surface area (Å²) in [5.41, 5.74) is 0.857. The van der Waals surface area contributed by atoms with Gasteiger partial charge in [0, 0.05) is 11.5 Å². The maximum atomic E-state index is 12.5. The predicted molar refractivity (Wildman–Crippen MR) is 75.6 cm³/mol. The van der Waals surface area contributed by atoms with Gasteiger partial charge in [0.2, 0.25) is 0 Å². The number of hydrogen-bond acceptors (Lipinski definition) is 2. The first kappa shape index (κ1) is 12.7. The molecule has 2 nitrogen and oxygen atoms in total. The van der Waals surface area contributed by atoms with Crippen LogP contribution < -0.4 is 4.74 Å². The summed E-state index contributed by atoms with van der Waals surface area (Å²) in [6, 6.07) is 7.76. The van der Waals surface area contributed by atoms with Gasteiger partial charge in [-0.05, 0) is 49.9 Å². The lowest BCUT2D eigenvalue weighted by Crippen LogP contribution is -2.14. The van der Waals surface area contributed by atoms with Crippen LogP contribution in [0.1, 0.15) is 61.7 Å². The van der Waals surface area contributed by atoms with Gasteiger partial charge in [-0.1, -0.05) is 25.7 Å². The molecule has 2 aliphatic rings. The highest BCUT2D eigenvalue weighted by Crippen LogP contribution is 2.29. The van der Waals surface area contributed by atoms with Crippen molar-refractivity contribution in [1.82, 2.24) is 0 Å². The Labute approximate surface area is 115 Å². The number of ketones is 1. The minimum atomic E-state index is 0.248. The Morgan fingerprint density at radius 2 is 1.53 bits per heavy atom. The third kappa shape index (κ3) is 3.37. The SMILES string of the molecule is O=C(c1ccc(OC2CC2)cc1)C1CCCCCC1. The first-order valence-corrected chi connectivity index (χ1v) is 7.64. The van der Waals surface area contributed by atoms with Crippen molar-refractivity contribution in [1.29, 1.82) is 0 Å². The Morgan fingerprint density at radius 3 is 2.11 bits per heavy atom. The van der Waals surface area contributed by atoms with E-state index in [-0.39, 0.29) is 5.92 Å². The molecule has 1 aromatic carbocycles. The zero-order valence-corrected chi connectivity index (χ0v) is 11.4. The smallest absolute Gasteiger partial charge is 0.165 e. The molecule has 19 heavy (non-hydrogen) atoms. The van der Waals surface area contributed by atoms with Crippen LogP contribution in [-0.2, 0) is 0 Å². The van der Waals surface area contributed by atoms with Crippen molar-refractivity contribution in [2.75, 3.05) is 0 Å². The highest BCUT2D eigenvalue weighted by Gasteiger charge is 2.24. The summed E-state index contributed by atoms with van der Waals surface area (Å²) in [4.78, 5) is 12.5. The summed E-state index contributed by atoms with van der Waals surface area (Å²) in [6.45, 7) is 0. The zero-order valence-electron chi connectivity index (χ0n) is 11.4. The number of ether oxygens (including phenoxy) is 1. The van der Waals surface area contributed by atoms with Gasteiger partial charge in [-0.2, -0.15) is 0 Å². The molecular weight excluding hydrogens is 236 g/mol. The third-order valence-electron chi connectivity index (χ3n) is 4.19. The average molecular weight is 258 g/mol. The zero-order chi connectivity index (χ0) is 13.1. The normalized spacial score (nSPS) is 20.8. The first-order valence-electron chi connectivity index (χ1n) is 7.64. The molecule has 0 spiro atoms. The van der Waals surface area contributed by atoms with Gasteiger partial charge in [0.25, 0.3) is 0 Å². The molecule has 0 N–H and O–H groups in total. The molecule has 2 saturated carbocycles. The van der Waals surface area contributed by atoms with E-state index in [1.807, 2.05) is 24.3 Å². The van der Waals surface area contributed by atoms with E-state index in [1.165, 1.54) is 38.5 Å². The molecule has 2 heteroatoms. The van der Waals surface area contributed by atoms with Crippen molar-refractivity contribution in [3.8, 4) is 5.75 Å². The van der Waals surface area contributed by atoms with E-state index in [1.54, 1.807) is 0 Å². The second-order valence-corrected chi connectivity index (χ2v) is 5.89. The van der Waals surface area contributed by atoms with E-state index < -0.39 is 0 Å². The lowest BCUT2D eigenvalue weighted by Gasteiger charge is -2.13. The van der Waals surface area contributed by atoms with Crippen LogP contribution in [0.2, 0.25) is 0 Å². The molecule has 0 unspecified atom stereocenters. The van der Waals surface area contributed by atoms with Crippen LogP contribution in [0.15, 0.2) is 24.3 Å². The van der Waals surface area contributed by atoms with Crippen LogP contribution in [0, 0.1) is 5.92 Å². The van der Waals surface area contributed by atoms with E-state index >= 15 is 0 Å². The van der Waals surface area contributed by atoms with E-state index in [9.17, 15) is 4.79 Å². The fourth-order valence-corrected chi connectivity index (χ4v) is 2.85. The highest BCUT2D eigenvalue weighted by molar-refractivity contribution is 5.97. The Morgan fingerprint density at radius 1 is 0.895 bits per heavy atom. The van der Waals surface area contributed by atoms with Gasteiger partial charge in [0.15, 0.2) is 5.78 Å². The summed E-state index contributed by atoms with van der Waals surface area (Å²) in [5.74, 6) is 1.48. The molecular formula is C17H22O2. The van der Waals surface area contributed by atoms with Gasteiger partial charge in [-0.15, -0.1) is 0 Å². The summed E-state index contributed by atoms with van der Waals surface area (Å²) in [6.07, 6.45) is 9.89. The van der Waals surface area contributed by atoms with Crippen LogP contribution in [0.4, 0.5) is 0 Å². The van der Waals surface area contributed by atoms with Gasteiger partial charge in [0.05, 0.1) is 6.10 Å². The van der Waals surface area contributed by atoms with Crippen LogP contribution in [-0.4, -0.2) is 11.9 Å². The number of carbonyl (C=O) groups excluding carboxylic acids is 1. The molecule has 0 amide bonds.